The second-order valence-electron chi connectivity index (χ2n) is 5.41. The van der Waals surface area contributed by atoms with E-state index in [2.05, 4.69) is 5.32 Å². The van der Waals surface area contributed by atoms with E-state index in [1.54, 1.807) is 17.0 Å². The maximum Gasteiger partial charge on any atom is 0.227 e. The predicted molar refractivity (Wildman–Crippen MR) is 77.8 cm³/mol. The lowest BCUT2D eigenvalue weighted by Gasteiger charge is -2.26. The highest BCUT2D eigenvalue weighted by Crippen LogP contribution is 2.20. The van der Waals surface area contributed by atoms with Crippen LogP contribution >= 0.6 is 0 Å². The number of nitrogens with zero attached hydrogens (tertiary/aromatic N) is 2. The number of halogens is 1. The van der Waals surface area contributed by atoms with E-state index in [0.29, 0.717) is 17.7 Å². The van der Waals surface area contributed by atoms with Crippen molar-refractivity contribution in [2.24, 2.45) is 5.92 Å². The summed E-state index contributed by atoms with van der Waals surface area (Å²) in [5.74, 6) is -0.400. The highest BCUT2D eigenvalue weighted by atomic mass is 19.1. The van der Waals surface area contributed by atoms with Gasteiger partial charge in [0, 0.05) is 24.7 Å². The fourth-order valence-electron chi connectivity index (χ4n) is 2.73. The second-order valence-corrected chi connectivity index (χ2v) is 5.41. The molecule has 1 N–H and O–H groups in total. The van der Waals surface area contributed by atoms with E-state index in [9.17, 15) is 9.18 Å². The van der Waals surface area contributed by atoms with Crippen molar-refractivity contribution >= 4 is 5.91 Å². The summed E-state index contributed by atoms with van der Waals surface area (Å²) in [6, 6.07) is 6.45. The SMILES string of the molecule is CCN(Cc1ccc(C#N)cc1F)C(=O)C1CCNC1C. The number of amides is 1. The van der Waals surface area contributed by atoms with E-state index in [4.69, 9.17) is 5.26 Å². The first-order valence-electron chi connectivity index (χ1n) is 7.27. The quantitative estimate of drug-likeness (QED) is 0.923. The summed E-state index contributed by atoms with van der Waals surface area (Å²) in [6.45, 7) is 5.54. The summed E-state index contributed by atoms with van der Waals surface area (Å²) in [7, 11) is 0. The molecular formula is C16H20FN3O. The van der Waals surface area contributed by atoms with Crippen molar-refractivity contribution in [3.63, 3.8) is 0 Å². The zero-order valence-corrected chi connectivity index (χ0v) is 12.4. The molecule has 0 saturated carbocycles. The van der Waals surface area contributed by atoms with E-state index in [0.717, 1.165) is 13.0 Å². The minimum absolute atomic E-state index is 0.0357. The molecule has 21 heavy (non-hydrogen) atoms. The smallest absolute Gasteiger partial charge is 0.227 e. The van der Waals surface area contributed by atoms with Gasteiger partial charge in [-0.2, -0.15) is 5.26 Å². The summed E-state index contributed by atoms with van der Waals surface area (Å²) in [5.41, 5.74) is 0.738. The van der Waals surface area contributed by atoms with Crippen LogP contribution in [0.4, 0.5) is 4.39 Å². The Labute approximate surface area is 124 Å². The number of nitrogens with one attached hydrogen (secondary N) is 1. The van der Waals surface area contributed by atoms with Gasteiger partial charge in [-0.05, 0) is 38.9 Å². The standard InChI is InChI=1S/C16H20FN3O/c1-3-20(16(21)14-6-7-19-11(14)2)10-13-5-4-12(9-18)8-15(13)17/h4-5,8,11,14,19H,3,6-7,10H2,1-2H3. The molecule has 0 bridgehead atoms. The van der Waals surface area contributed by atoms with Crippen LogP contribution in [0.25, 0.3) is 0 Å². The topological polar surface area (TPSA) is 56.1 Å². The molecule has 0 aromatic heterocycles. The number of rotatable bonds is 4. The Kier molecular flexibility index (Phi) is 4.92. The number of carbonyl (C=O) groups excluding carboxylic acids is 1. The first-order valence-corrected chi connectivity index (χ1v) is 7.27. The van der Waals surface area contributed by atoms with E-state index in [1.165, 1.54) is 6.07 Å². The lowest BCUT2D eigenvalue weighted by Crippen LogP contribution is -2.40. The predicted octanol–water partition coefficient (Wildman–Crippen LogP) is 2.04. The van der Waals surface area contributed by atoms with Crippen molar-refractivity contribution in [1.29, 1.82) is 5.26 Å². The maximum absolute atomic E-state index is 13.9. The average molecular weight is 289 g/mol. The highest BCUT2D eigenvalue weighted by Gasteiger charge is 2.32. The summed E-state index contributed by atoms with van der Waals surface area (Å²) in [5, 5.41) is 12.0. The lowest BCUT2D eigenvalue weighted by molar-refractivity contribution is -0.136. The fraction of sp³-hybridized carbons (Fsp3) is 0.500. The Balaban J connectivity index is 2.12. The first-order chi connectivity index (χ1) is 10.1. The molecule has 1 aliphatic heterocycles. The van der Waals surface area contributed by atoms with Crippen LogP contribution in [-0.4, -0.2) is 29.9 Å². The van der Waals surface area contributed by atoms with Crippen molar-refractivity contribution in [3.8, 4) is 6.07 Å². The zero-order valence-electron chi connectivity index (χ0n) is 12.4. The molecule has 1 saturated heterocycles. The number of hydrogen-bond donors (Lipinski definition) is 1. The maximum atomic E-state index is 13.9. The van der Waals surface area contributed by atoms with Crippen LogP contribution in [0.15, 0.2) is 18.2 Å². The molecule has 112 valence electrons. The largest absolute Gasteiger partial charge is 0.338 e. The van der Waals surface area contributed by atoms with Gasteiger partial charge in [0.05, 0.1) is 17.6 Å². The Morgan fingerprint density at radius 2 is 2.33 bits per heavy atom. The molecule has 5 heteroatoms. The van der Waals surface area contributed by atoms with Gasteiger partial charge in [-0.1, -0.05) is 6.07 Å². The molecule has 4 nitrogen and oxygen atoms in total. The van der Waals surface area contributed by atoms with Gasteiger partial charge in [0.15, 0.2) is 0 Å². The van der Waals surface area contributed by atoms with Crippen molar-refractivity contribution < 1.29 is 9.18 Å². The van der Waals surface area contributed by atoms with Crippen LogP contribution in [0.2, 0.25) is 0 Å². The minimum atomic E-state index is -0.433. The summed E-state index contributed by atoms with van der Waals surface area (Å²) < 4.78 is 13.9. The number of hydrogen-bond acceptors (Lipinski definition) is 3. The van der Waals surface area contributed by atoms with E-state index >= 15 is 0 Å². The molecule has 1 fully saturated rings. The normalized spacial score (nSPS) is 21.0. The number of nitriles is 1. The van der Waals surface area contributed by atoms with Crippen molar-refractivity contribution in [1.82, 2.24) is 10.2 Å². The third-order valence-corrected chi connectivity index (χ3v) is 4.08. The van der Waals surface area contributed by atoms with Gasteiger partial charge in [-0.25, -0.2) is 4.39 Å². The monoisotopic (exact) mass is 289 g/mol. The van der Waals surface area contributed by atoms with Gasteiger partial charge in [-0.3, -0.25) is 4.79 Å². The van der Waals surface area contributed by atoms with Crippen LogP contribution in [0.1, 0.15) is 31.4 Å². The molecule has 1 aromatic rings. The number of carbonyl (C=O) groups is 1. The second kappa shape index (κ2) is 6.68. The van der Waals surface area contributed by atoms with Gasteiger partial charge < -0.3 is 10.2 Å². The van der Waals surface area contributed by atoms with Crippen molar-refractivity contribution in [3.05, 3.63) is 35.1 Å². The molecule has 0 spiro atoms. The Bertz CT molecular complexity index is 567. The van der Waals surface area contributed by atoms with Crippen LogP contribution in [0, 0.1) is 23.1 Å². The van der Waals surface area contributed by atoms with Crippen molar-refractivity contribution in [2.45, 2.75) is 32.9 Å². The lowest BCUT2D eigenvalue weighted by atomic mass is 10.00. The van der Waals surface area contributed by atoms with Crippen LogP contribution < -0.4 is 5.32 Å². The molecule has 1 amide bonds. The molecular weight excluding hydrogens is 269 g/mol. The Morgan fingerprint density at radius 3 is 2.86 bits per heavy atom. The highest BCUT2D eigenvalue weighted by molar-refractivity contribution is 5.80. The van der Waals surface area contributed by atoms with Gasteiger partial charge in [0.2, 0.25) is 5.91 Å². The fourth-order valence-corrected chi connectivity index (χ4v) is 2.73. The zero-order chi connectivity index (χ0) is 15.4. The van der Waals surface area contributed by atoms with Crippen LogP contribution in [-0.2, 0) is 11.3 Å². The molecule has 2 unspecified atom stereocenters. The summed E-state index contributed by atoms with van der Waals surface area (Å²) in [6.07, 6.45) is 0.826. The number of benzene rings is 1. The van der Waals surface area contributed by atoms with Gasteiger partial charge in [-0.15, -0.1) is 0 Å². The molecule has 2 rings (SSSR count). The Hall–Kier alpha value is -1.93. The Morgan fingerprint density at radius 1 is 1.57 bits per heavy atom. The molecule has 1 aromatic carbocycles. The van der Waals surface area contributed by atoms with Gasteiger partial charge in [0.25, 0.3) is 0 Å². The van der Waals surface area contributed by atoms with Crippen LogP contribution in [0.3, 0.4) is 0 Å². The van der Waals surface area contributed by atoms with E-state index < -0.39 is 5.82 Å². The first kappa shape index (κ1) is 15.5. The average Bonchev–Trinajstić information content (AvgIpc) is 2.91. The van der Waals surface area contributed by atoms with E-state index in [1.807, 2.05) is 19.9 Å². The molecule has 0 aliphatic carbocycles. The third-order valence-electron chi connectivity index (χ3n) is 4.08. The van der Waals surface area contributed by atoms with Gasteiger partial charge in [0.1, 0.15) is 5.82 Å². The van der Waals surface area contributed by atoms with Crippen molar-refractivity contribution in [2.75, 3.05) is 13.1 Å². The summed E-state index contributed by atoms with van der Waals surface area (Å²) in [4.78, 5) is 14.2. The molecule has 1 aliphatic rings. The molecule has 1 heterocycles. The third kappa shape index (κ3) is 3.40. The van der Waals surface area contributed by atoms with Crippen LogP contribution in [0.5, 0.6) is 0 Å². The minimum Gasteiger partial charge on any atom is -0.338 e. The molecule has 2 atom stereocenters. The molecule has 0 radical (unpaired) electrons. The summed E-state index contributed by atoms with van der Waals surface area (Å²) >= 11 is 0. The van der Waals surface area contributed by atoms with E-state index in [-0.39, 0.29) is 24.4 Å². The van der Waals surface area contributed by atoms with Gasteiger partial charge >= 0.3 is 0 Å².